The molecule has 3 atom stereocenters. The summed E-state index contributed by atoms with van der Waals surface area (Å²) in [4.78, 5) is 24.0. The highest BCUT2D eigenvalue weighted by Crippen LogP contribution is 2.42. The molecule has 1 amide bonds. The van der Waals surface area contributed by atoms with Crippen LogP contribution in [0.1, 0.15) is 36.2 Å². The molecule has 2 bridgehead atoms. The van der Waals surface area contributed by atoms with E-state index in [1.54, 1.807) is 0 Å². The van der Waals surface area contributed by atoms with Crippen LogP contribution < -0.4 is 10.6 Å². The van der Waals surface area contributed by atoms with E-state index in [2.05, 4.69) is 20.5 Å². The fourth-order valence-corrected chi connectivity index (χ4v) is 5.60. The van der Waals surface area contributed by atoms with Gasteiger partial charge in [-0.15, -0.1) is 0 Å². The van der Waals surface area contributed by atoms with Gasteiger partial charge in [0.05, 0.1) is 17.1 Å². The predicted molar refractivity (Wildman–Crippen MR) is 118 cm³/mol. The summed E-state index contributed by atoms with van der Waals surface area (Å²) >= 11 is 6.37. The van der Waals surface area contributed by atoms with E-state index >= 15 is 0 Å². The number of anilines is 1. The van der Waals surface area contributed by atoms with Gasteiger partial charge >= 0.3 is 0 Å². The van der Waals surface area contributed by atoms with Gasteiger partial charge in [-0.3, -0.25) is 4.79 Å². The third-order valence-electron chi connectivity index (χ3n) is 6.97. The van der Waals surface area contributed by atoms with Gasteiger partial charge in [-0.2, -0.15) is 0 Å². The van der Waals surface area contributed by atoms with Crippen LogP contribution in [0.3, 0.4) is 0 Å². The highest BCUT2D eigenvalue weighted by atomic mass is 35.5. The quantitative estimate of drug-likeness (QED) is 0.603. The number of para-hydroxylation sites is 2. The topological polar surface area (TPSA) is 73.1 Å². The van der Waals surface area contributed by atoms with Gasteiger partial charge < -0.3 is 20.5 Å². The minimum Gasteiger partial charge on any atom is -0.341 e. The molecule has 7 rings (SSSR count). The van der Waals surface area contributed by atoms with E-state index in [9.17, 15) is 4.79 Å². The first-order valence-electron chi connectivity index (χ1n) is 10.7. The van der Waals surface area contributed by atoms with Gasteiger partial charge in [-0.05, 0) is 67.7 Å². The summed E-state index contributed by atoms with van der Waals surface area (Å²) in [5.74, 6) is 0.860. The van der Waals surface area contributed by atoms with Gasteiger partial charge in [0.15, 0.2) is 0 Å². The van der Waals surface area contributed by atoms with Crippen LogP contribution in [0.4, 0.5) is 5.69 Å². The number of aromatic nitrogens is 2. The highest BCUT2D eigenvalue weighted by Gasteiger charge is 2.43. The zero-order chi connectivity index (χ0) is 20.2. The number of nitrogens with one attached hydrogen (secondary N) is 3. The SMILES string of the molecule is O=C1Nc2ccc(Cl)cc2C(N[C@@H]2CN3CCC2CC3)C1c1nc2ccccc2[nH]1. The molecule has 2 aromatic carbocycles. The molecular weight excluding hydrogens is 398 g/mol. The van der Waals surface area contributed by atoms with E-state index in [0.717, 1.165) is 28.8 Å². The summed E-state index contributed by atoms with van der Waals surface area (Å²) < 4.78 is 0. The number of imidazole rings is 1. The Hall–Kier alpha value is -2.41. The molecule has 7 heteroatoms. The lowest BCUT2D eigenvalue weighted by Crippen LogP contribution is -2.58. The number of halogens is 1. The normalized spacial score (nSPS) is 30.3. The van der Waals surface area contributed by atoms with Crippen LogP contribution in [-0.4, -0.2) is 46.5 Å². The van der Waals surface area contributed by atoms with E-state index in [0.29, 0.717) is 22.8 Å². The first kappa shape index (κ1) is 18.4. The molecule has 3 N–H and O–H groups in total. The first-order valence-corrected chi connectivity index (χ1v) is 11.1. The molecule has 2 unspecified atom stereocenters. The van der Waals surface area contributed by atoms with Crippen LogP contribution in [0.2, 0.25) is 5.02 Å². The zero-order valence-corrected chi connectivity index (χ0v) is 17.3. The Morgan fingerprint density at radius 2 is 1.97 bits per heavy atom. The number of H-pyrrole nitrogens is 1. The van der Waals surface area contributed by atoms with Crippen molar-refractivity contribution in [3.63, 3.8) is 0 Å². The van der Waals surface area contributed by atoms with Crippen LogP contribution in [-0.2, 0) is 4.79 Å². The Bertz CT molecular complexity index is 1090. The van der Waals surface area contributed by atoms with Crippen LogP contribution in [0.15, 0.2) is 42.5 Å². The molecule has 154 valence electrons. The minimum absolute atomic E-state index is 0.0392. The highest BCUT2D eigenvalue weighted by molar-refractivity contribution is 6.30. The number of rotatable bonds is 3. The van der Waals surface area contributed by atoms with Gasteiger partial charge in [0, 0.05) is 23.3 Å². The smallest absolute Gasteiger partial charge is 0.237 e. The molecule has 6 nitrogen and oxygen atoms in total. The fourth-order valence-electron chi connectivity index (χ4n) is 5.42. The van der Waals surface area contributed by atoms with Crippen LogP contribution in [0.5, 0.6) is 0 Å². The predicted octanol–water partition coefficient (Wildman–Crippen LogP) is 3.68. The maximum atomic E-state index is 13.3. The van der Waals surface area contributed by atoms with Gasteiger partial charge in [0.25, 0.3) is 0 Å². The zero-order valence-electron chi connectivity index (χ0n) is 16.6. The van der Waals surface area contributed by atoms with E-state index in [1.165, 1.54) is 25.9 Å². The first-order chi connectivity index (χ1) is 14.7. The molecule has 1 aromatic heterocycles. The molecule has 3 aromatic rings. The average Bonchev–Trinajstić information content (AvgIpc) is 3.19. The Labute approximate surface area is 180 Å². The van der Waals surface area contributed by atoms with E-state index in [-0.39, 0.29) is 11.9 Å². The number of benzene rings is 2. The summed E-state index contributed by atoms with van der Waals surface area (Å²) in [6.45, 7) is 3.40. The van der Waals surface area contributed by atoms with Crippen LogP contribution >= 0.6 is 11.6 Å². The fraction of sp³-hybridized carbons (Fsp3) is 0.391. The Morgan fingerprint density at radius 3 is 2.73 bits per heavy atom. The number of fused-ring (bicyclic) bond motifs is 5. The molecule has 3 saturated heterocycles. The lowest BCUT2D eigenvalue weighted by atomic mass is 9.81. The monoisotopic (exact) mass is 421 g/mol. The number of hydrogen-bond acceptors (Lipinski definition) is 4. The number of nitrogens with zero attached hydrogens (tertiary/aromatic N) is 2. The molecule has 3 fully saturated rings. The number of hydrogen-bond donors (Lipinski definition) is 3. The Morgan fingerprint density at radius 1 is 1.13 bits per heavy atom. The number of aromatic amines is 1. The molecule has 0 saturated carbocycles. The van der Waals surface area contributed by atoms with Gasteiger partial charge in [-0.1, -0.05) is 23.7 Å². The summed E-state index contributed by atoms with van der Waals surface area (Å²) in [7, 11) is 0. The van der Waals surface area contributed by atoms with Crippen molar-refractivity contribution in [2.75, 3.05) is 25.0 Å². The second kappa shape index (κ2) is 7.08. The second-order valence-corrected chi connectivity index (χ2v) is 9.16. The molecule has 5 heterocycles. The third kappa shape index (κ3) is 3.02. The van der Waals surface area contributed by atoms with Crippen molar-refractivity contribution in [1.82, 2.24) is 20.2 Å². The third-order valence-corrected chi connectivity index (χ3v) is 7.21. The maximum Gasteiger partial charge on any atom is 0.237 e. The standard InChI is InChI=1S/C23H24ClN5O/c24-14-5-6-16-15(11-14)21(25-19-12-29-9-7-13(19)8-10-29)20(23(30)28-16)22-26-17-3-1-2-4-18(17)27-22/h1-6,11,13,19-21,25H,7-10,12H2,(H,26,27)(H,28,30)/t19-,20?,21?/m1/s1. The van der Waals surface area contributed by atoms with Gasteiger partial charge in [0.2, 0.25) is 5.91 Å². The van der Waals surface area contributed by atoms with Crippen molar-refractivity contribution in [3.8, 4) is 0 Å². The minimum atomic E-state index is -0.446. The number of carbonyl (C=O) groups excluding carboxylic acids is 1. The summed E-state index contributed by atoms with van der Waals surface area (Å²) in [6, 6.07) is 13.8. The number of piperidine rings is 3. The average molecular weight is 422 g/mol. The summed E-state index contributed by atoms with van der Waals surface area (Å²) in [5, 5.41) is 7.62. The van der Waals surface area contributed by atoms with Crippen LogP contribution in [0, 0.1) is 5.92 Å². The Balaban J connectivity index is 1.43. The van der Waals surface area contributed by atoms with E-state index in [1.807, 2.05) is 42.5 Å². The molecule has 0 aliphatic carbocycles. The molecular formula is C23H24ClN5O. The lowest BCUT2D eigenvalue weighted by Gasteiger charge is -2.47. The molecule has 30 heavy (non-hydrogen) atoms. The van der Waals surface area contributed by atoms with Crippen molar-refractivity contribution in [1.29, 1.82) is 0 Å². The summed E-state index contributed by atoms with van der Waals surface area (Å²) in [5.41, 5.74) is 3.68. The molecule has 0 radical (unpaired) electrons. The summed E-state index contributed by atoms with van der Waals surface area (Å²) in [6.07, 6.45) is 2.43. The van der Waals surface area contributed by atoms with Gasteiger partial charge in [-0.25, -0.2) is 4.98 Å². The van der Waals surface area contributed by atoms with Crippen molar-refractivity contribution < 1.29 is 4.79 Å². The van der Waals surface area contributed by atoms with E-state index in [4.69, 9.17) is 16.6 Å². The molecule has 4 aliphatic rings. The van der Waals surface area contributed by atoms with Crippen LogP contribution in [0.25, 0.3) is 11.0 Å². The van der Waals surface area contributed by atoms with Gasteiger partial charge in [0.1, 0.15) is 11.7 Å². The van der Waals surface area contributed by atoms with E-state index < -0.39 is 5.92 Å². The molecule has 4 aliphatic heterocycles. The van der Waals surface area contributed by atoms with Crippen molar-refractivity contribution >= 4 is 34.2 Å². The maximum absolute atomic E-state index is 13.3. The Kier molecular flexibility index (Phi) is 4.33. The largest absolute Gasteiger partial charge is 0.341 e. The van der Waals surface area contributed by atoms with Crippen molar-refractivity contribution in [3.05, 3.63) is 58.9 Å². The van der Waals surface area contributed by atoms with Crippen molar-refractivity contribution in [2.24, 2.45) is 5.92 Å². The number of carbonyl (C=O) groups is 1. The second-order valence-electron chi connectivity index (χ2n) is 8.73. The molecule has 0 spiro atoms. The van der Waals surface area contributed by atoms with Crippen molar-refractivity contribution in [2.45, 2.75) is 30.8 Å². The lowest BCUT2D eigenvalue weighted by molar-refractivity contribution is -0.119. The number of amides is 1.